The summed E-state index contributed by atoms with van der Waals surface area (Å²) < 4.78 is 9.35. The van der Waals surface area contributed by atoms with Crippen LogP contribution >= 0.6 is 15.9 Å². The van der Waals surface area contributed by atoms with Crippen LogP contribution in [0.4, 0.5) is 0 Å². The fourth-order valence-corrected chi connectivity index (χ4v) is 1.09. The number of carbonyl (C=O) groups is 1. The summed E-state index contributed by atoms with van der Waals surface area (Å²) in [5.74, 6) is -0.465. The van der Waals surface area contributed by atoms with Crippen molar-refractivity contribution in [2.45, 2.75) is 0 Å². The summed E-state index contributed by atoms with van der Waals surface area (Å²) in [4.78, 5) is 21.6. The van der Waals surface area contributed by atoms with E-state index in [1.165, 1.54) is 25.5 Å². The van der Waals surface area contributed by atoms with Crippen LogP contribution in [0, 0.1) is 0 Å². The van der Waals surface area contributed by atoms with Gasteiger partial charge >= 0.3 is 11.6 Å². The first-order chi connectivity index (χ1) is 6.63. The van der Waals surface area contributed by atoms with Gasteiger partial charge in [-0.2, -0.15) is 0 Å². The number of carbonyl (C=O) groups excluding carboxylic acids is 1. The lowest BCUT2D eigenvalue weighted by Gasteiger charge is -1.92. The molecule has 0 aromatic carbocycles. The van der Waals surface area contributed by atoms with E-state index in [4.69, 9.17) is 0 Å². The molecule has 0 saturated heterocycles. The summed E-state index contributed by atoms with van der Waals surface area (Å²) in [7, 11) is 1.29. The second kappa shape index (κ2) is 4.76. The monoisotopic (exact) mass is 258 g/mol. The highest BCUT2D eigenvalue weighted by Crippen LogP contribution is 2.08. The molecule has 0 N–H and O–H groups in total. The molecule has 0 atom stereocenters. The van der Waals surface area contributed by atoms with Gasteiger partial charge in [-0.3, -0.25) is 0 Å². The minimum atomic E-state index is -0.465. The Morgan fingerprint density at radius 3 is 2.93 bits per heavy atom. The molecule has 5 heteroatoms. The molecule has 1 aromatic heterocycles. The van der Waals surface area contributed by atoms with Gasteiger partial charge in [-0.1, -0.05) is 0 Å². The first-order valence-electron chi connectivity index (χ1n) is 3.68. The molecule has 0 spiro atoms. The lowest BCUT2D eigenvalue weighted by Crippen LogP contribution is -1.98. The summed E-state index contributed by atoms with van der Waals surface area (Å²) in [5, 5.41) is 0. The largest absolute Gasteiger partial charge is 0.466 e. The van der Waals surface area contributed by atoms with E-state index in [-0.39, 0.29) is 0 Å². The van der Waals surface area contributed by atoms with Crippen LogP contribution in [0.15, 0.2) is 32.1 Å². The first-order valence-corrected chi connectivity index (χ1v) is 4.47. The molecular weight excluding hydrogens is 252 g/mol. The first kappa shape index (κ1) is 10.7. The van der Waals surface area contributed by atoms with Gasteiger partial charge < -0.3 is 9.15 Å². The van der Waals surface area contributed by atoms with Gasteiger partial charge in [0.2, 0.25) is 0 Å². The molecule has 0 bridgehead atoms. The summed E-state index contributed by atoms with van der Waals surface area (Å²) in [5.41, 5.74) is 0.141. The highest BCUT2D eigenvalue weighted by Gasteiger charge is 1.98. The summed E-state index contributed by atoms with van der Waals surface area (Å²) in [6, 6.07) is 1.55. The molecule has 1 rings (SSSR count). The lowest BCUT2D eigenvalue weighted by atomic mass is 10.3. The molecule has 0 saturated carbocycles. The maximum atomic E-state index is 10.8. The van der Waals surface area contributed by atoms with E-state index in [1.54, 1.807) is 6.07 Å². The van der Waals surface area contributed by atoms with Crippen LogP contribution in [0.25, 0.3) is 6.08 Å². The van der Waals surface area contributed by atoms with Crippen LogP contribution in [0.2, 0.25) is 0 Å². The van der Waals surface area contributed by atoms with E-state index < -0.39 is 11.6 Å². The van der Waals surface area contributed by atoms with E-state index in [2.05, 4.69) is 25.1 Å². The van der Waals surface area contributed by atoms with Crippen molar-refractivity contribution in [2.24, 2.45) is 0 Å². The van der Waals surface area contributed by atoms with E-state index in [0.29, 0.717) is 10.0 Å². The third-order valence-electron chi connectivity index (χ3n) is 1.40. The topological polar surface area (TPSA) is 56.5 Å². The van der Waals surface area contributed by atoms with Crippen molar-refractivity contribution in [1.82, 2.24) is 0 Å². The van der Waals surface area contributed by atoms with Gasteiger partial charge in [-0.15, -0.1) is 0 Å². The van der Waals surface area contributed by atoms with Crippen molar-refractivity contribution >= 4 is 28.0 Å². The Bertz CT molecular complexity index is 419. The molecule has 0 amide bonds. The van der Waals surface area contributed by atoms with Crippen LogP contribution in [0.1, 0.15) is 5.56 Å². The van der Waals surface area contributed by atoms with Gasteiger partial charge in [0.05, 0.1) is 7.11 Å². The molecule has 0 aliphatic carbocycles. The Labute approximate surface area is 88.3 Å². The maximum Gasteiger partial charge on any atom is 0.350 e. The molecule has 0 aliphatic heterocycles. The van der Waals surface area contributed by atoms with E-state index in [0.717, 1.165) is 0 Å². The molecule has 0 aliphatic rings. The van der Waals surface area contributed by atoms with Crippen molar-refractivity contribution in [1.29, 1.82) is 0 Å². The standard InChI is InChI=1S/C9H7BrO4/c1-13-8(11)3-2-6-4-7(10)9(12)14-5-6/h2-5H,1H3/b3-2-. The minimum Gasteiger partial charge on any atom is -0.466 e. The fourth-order valence-electron chi connectivity index (χ4n) is 0.737. The van der Waals surface area contributed by atoms with E-state index in [9.17, 15) is 9.59 Å². The third-order valence-corrected chi connectivity index (χ3v) is 1.96. The molecule has 1 aromatic rings. The van der Waals surface area contributed by atoms with Crippen molar-refractivity contribution in [3.63, 3.8) is 0 Å². The molecule has 4 nitrogen and oxygen atoms in total. The third kappa shape index (κ3) is 2.85. The number of hydrogen-bond acceptors (Lipinski definition) is 4. The number of methoxy groups -OCH3 is 1. The fraction of sp³-hybridized carbons (Fsp3) is 0.111. The van der Waals surface area contributed by atoms with Crippen LogP contribution in [0.5, 0.6) is 0 Å². The smallest absolute Gasteiger partial charge is 0.350 e. The normalized spacial score (nSPS) is 10.4. The van der Waals surface area contributed by atoms with Crippen molar-refractivity contribution in [3.05, 3.63) is 38.9 Å². The van der Waals surface area contributed by atoms with Crippen LogP contribution in [-0.2, 0) is 9.53 Å². The molecule has 1 heterocycles. The summed E-state index contributed by atoms with van der Waals surface area (Å²) in [6.45, 7) is 0. The molecule has 74 valence electrons. The number of rotatable bonds is 2. The van der Waals surface area contributed by atoms with Crippen LogP contribution in [-0.4, -0.2) is 13.1 Å². The SMILES string of the molecule is COC(=O)/C=C\c1coc(=O)c(Br)c1. The average molecular weight is 259 g/mol. The lowest BCUT2D eigenvalue weighted by molar-refractivity contribution is -0.134. The molecule has 0 radical (unpaired) electrons. The predicted octanol–water partition coefficient (Wildman–Crippen LogP) is 1.59. The predicted molar refractivity (Wildman–Crippen MR) is 53.7 cm³/mol. The van der Waals surface area contributed by atoms with Crippen molar-refractivity contribution in [2.75, 3.05) is 7.11 Å². The zero-order valence-electron chi connectivity index (χ0n) is 7.32. The Morgan fingerprint density at radius 2 is 2.36 bits per heavy atom. The van der Waals surface area contributed by atoms with E-state index in [1.807, 2.05) is 0 Å². The second-order valence-corrected chi connectivity index (χ2v) is 3.23. The van der Waals surface area contributed by atoms with E-state index >= 15 is 0 Å². The molecule has 0 fully saturated rings. The number of esters is 1. The Hall–Kier alpha value is -1.36. The van der Waals surface area contributed by atoms with Crippen LogP contribution < -0.4 is 5.63 Å². The van der Waals surface area contributed by atoms with Gasteiger partial charge in [0.25, 0.3) is 0 Å². The highest BCUT2D eigenvalue weighted by molar-refractivity contribution is 9.10. The molecule has 0 unspecified atom stereocenters. The molecule has 14 heavy (non-hydrogen) atoms. The van der Waals surface area contributed by atoms with Gasteiger partial charge in [0.1, 0.15) is 10.7 Å². The zero-order chi connectivity index (χ0) is 10.6. The van der Waals surface area contributed by atoms with Gasteiger partial charge in [-0.05, 0) is 28.1 Å². The number of halogens is 1. The van der Waals surface area contributed by atoms with Gasteiger partial charge in [0, 0.05) is 11.6 Å². The molecular formula is C9H7BrO4. The van der Waals surface area contributed by atoms with Gasteiger partial charge in [-0.25, -0.2) is 9.59 Å². The minimum absolute atomic E-state index is 0.310. The van der Waals surface area contributed by atoms with Gasteiger partial charge in [0.15, 0.2) is 0 Å². The van der Waals surface area contributed by atoms with Crippen molar-refractivity contribution < 1.29 is 13.9 Å². The second-order valence-electron chi connectivity index (χ2n) is 2.37. The Kier molecular flexibility index (Phi) is 3.64. The Balaban J connectivity index is 2.88. The average Bonchev–Trinajstić information content (AvgIpc) is 2.19. The summed E-state index contributed by atoms with van der Waals surface area (Å²) >= 11 is 3.01. The number of ether oxygens (including phenoxy) is 1. The number of hydrogen-bond donors (Lipinski definition) is 0. The zero-order valence-corrected chi connectivity index (χ0v) is 8.91. The Morgan fingerprint density at radius 1 is 1.64 bits per heavy atom. The van der Waals surface area contributed by atoms with Crippen LogP contribution in [0.3, 0.4) is 0 Å². The summed E-state index contributed by atoms with van der Waals surface area (Å²) in [6.07, 6.45) is 3.98. The quantitative estimate of drug-likeness (QED) is 0.597. The highest BCUT2D eigenvalue weighted by atomic mass is 79.9. The van der Waals surface area contributed by atoms with Crippen molar-refractivity contribution in [3.8, 4) is 0 Å². The maximum absolute atomic E-state index is 10.8.